The second-order valence-electron chi connectivity index (χ2n) is 4.71. The Morgan fingerprint density at radius 3 is 2.42 bits per heavy atom. The van der Waals surface area contributed by atoms with Gasteiger partial charge in [0.15, 0.2) is 0 Å². The Hall–Kier alpha value is -0.910. The van der Waals surface area contributed by atoms with Gasteiger partial charge in [0.05, 0.1) is 5.54 Å². The lowest BCUT2D eigenvalue weighted by atomic mass is 9.85. The molecule has 2 rings (SSSR count). The summed E-state index contributed by atoms with van der Waals surface area (Å²) in [5.74, 6) is -0.0188. The van der Waals surface area contributed by atoms with E-state index >= 15 is 0 Å². The maximum Gasteiger partial charge on any atom is 0.252 e. The van der Waals surface area contributed by atoms with E-state index < -0.39 is 0 Å². The number of methoxy groups -OCH3 is 2. The second kappa shape index (κ2) is 6.03. The van der Waals surface area contributed by atoms with Gasteiger partial charge in [0, 0.05) is 37.5 Å². The highest BCUT2D eigenvalue weighted by Gasteiger charge is 2.42. The number of fused-ring (bicyclic) bond motifs is 1. The first-order valence-electron chi connectivity index (χ1n) is 6.23. The molecule has 1 N–H and O–H groups in total. The minimum Gasteiger partial charge on any atom is -0.385 e. The van der Waals surface area contributed by atoms with Crippen LogP contribution in [-0.2, 0) is 15.0 Å². The fourth-order valence-corrected chi connectivity index (χ4v) is 2.90. The maximum atomic E-state index is 12.1. The number of ether oxygens (including phenoxy) is 2. The number of amides is 1. The summed E-state index contributed by atoms with van der Waals surface area (Å²) in [6, 6.07) is 5.76. The fraction of sp³-hybridized carbons (Fsp3) is 0.500. The highest BCUT2D eigenvalue weighted by atomic mass is 79.9. The Bertz CT molecular complexity index is 468. The van der Waals surface area contributed by atoms with Gasteiger partial charge in [-0.15, -0.1) is 0 Å². The average Bonchev–Trinajstić information content (AvgIpc) is 2.67. The fourth-order valence-electron chi connectivity index (χ4n) is 2.53. The summed E-state index contributed by atoms with van der Waals surface area (Å²) in [5.41, 5.74) is 1.39. The van der Waals surface area contributed by atoms with E-state index in [0.717, 1.165) is 28.4 Å². The van der Waals surface area contributed by atoms with Crippen LogP contribution in [0.4, 0.5) is 0 Å². The molecule has 1 aliphatic rings. The molecule has 1 heterocycles. The molecule has 1 aliphatic heterocycles. The number of hydrogen-bond donors (Lipinski definition) is 1. The van der Waals surface area contributed by atoms with Gasteiger partial charge in [-0.2, -0.15) is 0 Å². The highest BCUT2D eigenvalue weighted by molar-refractivity contribution is 9.10. The van der Waals surface area contributed by atoms with Crippen LogP contribution in [0.5, 0.6) is 0 Å². The summed E-state index contributed by atoms with van der Waals surface area (Å²) in [6.45, 7) is 1.19. The third-order valence-corrected chi connectivity index (χ3v) is 4.05. The van der Waals surface area contributed by atoms with Crippen molar-refractivity contribution in [1.29, 1.82) is 0 Å². The van der Waals surface area contributed by atoms with Gasteiger partial charge < -0.3 is 14.8 Å². The summed E-state index contributed by atoms with van der Waals surface area (Å²) < 4.78 is 11.3. The molecule has 5 heteroatoms. The zero-order valence-corrected chi connectivity index (χ0v) is 12.7. The Labute approximate surface area is 121 Å². The molecule has 0 aliphatic carbocycles. The predicted octanol–water partition coefficient (Wildman–Crippen LogP) is 2.46. The lowest BCUT2D eigenvalue weighted by Gasteiger charge is -2.30. The Morgan fingerprint density at radius 1 is 1.21 bits per heavy atom. The van der Waals surface area contributed by atoms with Crippen LogP contribution in [0.2, 0.25) is 0 Å². The van der Waals surface area contributed by atoms with E-state index in [9.17, 15) is 4.79 Å². The molecular formula is C14H18BrNO3. The molecule has 0 aromatic heterocycles. The van der Waals surface area contributed by atoms with E-state index in [4.69, 9.17) is 9.47 Å². The summed E-state index contributed by atoms with van der Waals surface area (Å²) in [7, 11) is 3.34. The van der Waals surface area contributed by atoms with Crippen LogP contribution in [-0.4, -0.2) is 33.3 Å². The van der Waals surface area contributed by atoms with Crippen LogP contribution < -0.4 is 5.32 Å². The summed E-state index contributed by atoms with van der Waals surface area (Å²) in [6.07, 6.45) is 1.48. The normalized spacial score (nSPS) is 16.3. The van der Waals surface area contributed by atoms with E-state index in [2.05, 4.69) is 21.2 Å². The Kier molecular flexibility index (Phi) is 4.60. The highest BCUT2D eigenvalue weighted by Crippen LogP contribution is 2.38. The average molecular weight is 328 g/mol. The van der Waals surface area contributed by atoms with Crippen molar-refractivity contribution in [3.05, 3.63) is 33.8 Å². The van der Waals surface area contributed by atoms with Gasteiger partial charge in [-0.05, 0) is 36.6 Å². The summed E-state index contributed by atoms with van der Waals surface area (Å²) in [4.78, 5) is 12.1. The molecule has 1 amide bonds. The van der Waals surface area contributed by atoms with Gasteiger partial charge in [0.25, 0.3) is 5.91 Å². The maximum absolute atomic E-state index is 12.1. The molecule has 4 nitrogen and oxygen atoms in total. The smallest absolute Gasteiger partial charge is 0.252 e. The monoisotopic (exact) mass is 327 g/mol. The minimum atomic E-state index is -0.387. The molecule has 0 fully saturated rings. The molecule has 1 aromatic carbocycles. The van der Waals surface area contributed by atoms with Crippen LogP contribution in [0, 0.1) is 0 Å². The minimum absolute atomic E-state index is 0.0188. The molecule has 104 valence electrons. The zero-order chi connectivity index (χ0) is 13.9. The largest absolute Gasteiger partial charge is 0.385 e. The van der Waals surface area contributed by atoms with Crippen molar-refractivity contribution < 1.29 is 14.3 Å². The van der Waals surface area contributed by atoms with E-state index in [0.29, 0.717) is 13.2 Å². The van der Waals surface area contributed by atoms with E-state index in [1.165, 1.54) is 0 Å². The van der Waals surface area contributed by atoms with Crippen molar-refractivity contribution in [2.75, 3.05) is 27.4 Å². The lowest BCUT2D eigenvalue weighted by molar-refractivity contribution is 0.0851. The Morgan fingerprint density at radius 2 is 1.84 bits per heavy atom. The predicted molar refractivity (Wildman–Crippen MR) is 76.3 cm³/mol. The first-order valence-corrected chi connectivity index (χ1v) is 7.03. The molecule has 0 spiro atoms. The molecule has 0 atom stereocenters. The van der Waals surface area contributed by atoms with Crippen molar-refractivity contribution in [3.8, 4) is 0 Å². The van der Waals surface area contributed by atoms with Crippen molar-refractivity contribution in [3.63, 3.8) is 0 Å². The Balaban J connectivity index is 2.39. The molecular weight excluding hydrogens is 310 g/mol. The van der Waals surface area contributed by atoms with E-state index in [-0.39, 0.29) is 11.4 Å². The first kappa shape index (κ1) is 14.5. The molecule has 1 aromatic rings. The van der Waals surface area contributed by atoms with Crippen LogP contribution in [0.15, 0.2) is 22.7 Å². The molecule has 19 heavy (non-hydrogen) atoms. The van der Waals surface area contributed by atoms with Crippen molar-refractivity contribution >= 4 is 21.8 Å². The van der Waals surface area contributed by atoms with Crippen molar-refractivity contribution in [2.24, 2.45) is 0 Å². The standard InChI is InChI=1S/C14H18BrNO3/c1-18-7-5-14(6-8-19-2)12-9-10(15)3-4-11(12)13(17)16-14/h3-4,9H,5-8H2,1-2H3,(H,16,17). The van der Waals surface area contributed by atoms with Gasteiger partial charge in [0.1, 0.15) is 0 Å². The van der Waals surface area contributed by atoms with E-state index in [1.807, 2.05) is 18.2 Å². The summed E-state index contributed by atoms with van der Waals surface area (Å²) >= 11 is 3.47. The molecule has 0 bridgehead atoms. The van der Waals surface area contributed by atoms with Crippen molar-refractivity contribution in [2.45, 2.75) is 18.4 Å². The van der Waals surface area contributed by atoms with E-state index in [1.54, 1.807) is 14.2 Å². The van der Waals surface area contributed by atoms with Gasteiger partial charge in [-0.1, -0.05) is 15.9 Å². The molecule has 0 saturated heterocycles. The second-order valence-corrected chi connectivity index (χ2v) is 5.63. The number of carbonyl (C=O) groups is 1. The number of hydrogen-bond acceptors (Lipinski definition) is 3. The zero-order valence-electron chi connectivity index (χ0n) is 11.2. The molecule has 0 unspecified atom stereocenters. The number of benzene rings is 1. The van der Waals surface area contributed by atoms with Crippen LogP contribution in [0.1, 0.15) is 28.8 Å². The van der Waals surface area contributed by atoms with Crippen molar-refractivity contribution in [1.82, 2.24) is 5.32 Å². The molecule has 0 saturated carbocycles. The SMILES string of the molecule is COCCC1(CCOC)NC(=O)c2ccc(Br)cc21. The van der Waals surface area contributed by atoms with Gasteiger partial charge in [0.2, 0.25) is 0 Å². The van der Waals surface area contributed by atoms with Crippen LogP contribution >= 0.6 is 15.9 Å². The number of carbonyl (C=O) groups excluding carboxylic acids is 1. The third kappa shape index (κ3) is 2.83. The quantitative estimate of drug-likeness (QED) is 0.873. The number of halogens is 1. The topological polar surface area (TPSA) is 47.6 Å². The number of rotatable bonds is 6. The van der Waals surface area contributed by atoms with Crippen LogP contribution in [0.3, 0.4) is 0 Å². The lowest BCUT2D eigenvalue weighted by Crippen LogP contribution is -2.41. The first-order chi connectivity index (χ1) is 9.13. The molecule has 0 radical (unpaired) electrons. The van der Waals surface area contributed by atoms with Gasteiger partial charge in [-0.25, -0.2) is 0 Å². The van der Waals surface area contributed by atoms with Gasteiger partial charge in [-0.3, -0.25) is 4.79 Å². The third-order valence-electron chi connectivity index (χ3n) is 3.56. The van der Waals surface area contributed by atoms with Gasteiger partial charge >= 0.3 is 0 Å². The number of nitrogens with one attached hydrogen (secondary N) is 1. The summed E-state index contributed by atoms with van der Waals surface area (Å²) in [5, 5.41) is 3.11. The van der Waals surface area contributed by atoms with Crippen LogP contribution in [0.25, 0.3) is 0 Å².